The van der Waals surface area contributed by atoms with Gasteiger partial charge in [-0.25, -0.2) is 17.5 Å². The second-order valence-corrected chi connectivity index (χ2v) is 7.83. The molecule has 1 saturated carbocycles. The lowest BCUT2D eigenvalue weighted by molar-refractivity contribution is 0.125. The Bertz CT molecular complexity index is 563. The van der Waals surface area contributed by atoms with E-state index in [0.29, 0.717) is 24.3 Å². The summed E-state index contributed by atoms with van der Waals surface area (Å²) in [6.45, 7) is 1.94. The summed E-state index contributed by atoms with van der Waals surface area (Å²) >= 11 is 0. The third kappa shape index (κ3) is 4.49. The molecule has 21 heavy (non-hydrogen) atoms. The van der Waals surface area contributed by atoms with Crippen molar-refractivity contribution in [3.63, 3.8) is 0 Å². The zero-order chi connectivity index (χ0) is 15.5. The molecule has 2 rings (SSSR count). The minimum atomic E-state index is -3.57. The Labute approximate surface area is 125 Å². The van der Waals surface area contributed by atoms with Crippen LogP contribution in [0.1, 0.15) is 38.2 Å². The normalized spacial score (nSPS) is 26.7. The molecule has 0 radical (unpaired) electrons. The van der Waals surface area contributed by atoms with Crippen molar-refractivity contribution in [2.24, 2.45) is 5.92 Å². The van der Waals surface area contributed by atoms with Crippen LogP contribution in [0.15, 0.2) is 24.3 Å². The molecular formula is C15H22FNO3S. The molecule has 1 aromatic carbocycles. The fourth-order valence-electron chi connectivity index (χ4n) is 2.77. The van der Waals surface area contributed by atoms with Crippen molar-refractivity contribution in [3.05, 3.63) is 35.6 Å². The van der Waals surface area contributed by atoms with Gasteiger partial charge in [0.25, 0.3) is 0 Å². The van der Waals surface area contributed by atoms with Crippen LogP contribution in [0.25, 0.3) is 0 Å². The lowest BCUT2D eigenvalue weighted by atomic mass is 9.78. The monoisotopic (exact) mass is 315 g/mol. The summed E-state index contributed by atoms with van der Waals surface area (Å²) in [5.41, 5.74) is -0.216. The average molecular weight is 315 g/mol. The van der Waals surface area contributed by atoms with E-state index in [1.165, 1.54) is 24.3 Å². The highest BCUT2D eigenvalue weighted by Crippen LogP contribution is 2.32. The molecule has 0 heterocycles. The molecule has 1 aliphatic rings. The van der Waals surface area contributed by atoms with Crippen LogP contribution in [0.2, 0.25) is 0 Å². The zero-order valence-electron chi connectivity index (χ0n) is 12.2. The zero-order valence-corrected chi connectivity index (χ0v) is 13.0. The van der Waals surface area contributed by atoms with Gasteiger partial charge in [-0.3, -0.25) is 0 Å². The van der Waals surface area contributed by atoms with E-state index in [2.05, 4.69) is 11.6 Å². The van der Waals surface area contributed by atoms with Crippen LogP contribution in [0.3, 0.4) is 0 Å². The highest BCUT2D eigenvalue weighted by atomic mass is 32.2. The van der Waals surface area contributed by atoms with Crippen molar-refractivity contribution in [2.75, 3.05) is 6.61 Å². The van der Waals surface area contributed by atoms with Gasteiger partial charge in [0.05, 0.1) is 17.9 Å². The smallest absolute Gasteiger partial charge is 0.216 e. The fourth-order valence-corrected chi connectivity index (χ4v) is 4.41. The molecule has 1 aliphatic carbocycles. The van der Waals surface area contributed by atoms with Crippen molar-refractivity contribution in [3.8, 4) is 0 Å². The molecule has 1 fully saturated rings. The summed E-state index contributed by atoms with van der Waals surface area (Å²) in [5, 5.41) is 9.62. The topological polar surface area (TPSA) is 66.4 Å². The van der Waals surface area contributed by atoms with Gasteiger partial charge in [0.15, 0.2) is 0 Å². The molecule has 0 saturated heterocycles. The first kappa shape index (κ1) is 16.4. The lowest BCUT2D eigenvalue weighted by Crippen LogP contribution is -2.53. The number of aliphatic hydroxyl groups excluding tert-OH is 1. The van der Waals surface area contributed by atoms with Gasteiger partial charge < -0.3 is 5.11 Å². The van der Waals surface area contributed by atoms with Crippen LogP contribution in [-0.2, 0) is 15.8 Å². The highest BCUT2D eigenvalue weighted by molar-refractivity contribution is 7.88. The number of nitrogens with one attached hydrogen (secondary N) is 1. The Kier molecular flexibility index (Phi) is 5.01. The van der Waals surface area contributed by atoms with Crippen molar-refractivity contribution in [2.45, 2.75) is 43.9 Å². The predicted octanol–water partition coefficient (Wildman–Crippen LogP) is 2.19. The number of hydrogen-bond donors (Lipinski definition) is 2. The van der Waals surface area contributed by atoms with E-state index in [4.69, 9.17) is 0 Å². The van der Waals surface area contributed by atoms with E-state index in [9.17, 15) is 17.9 Å². The van der Waals surface area contributed by atoms with Crippen molar-refractivity contribution < 1.29 is 17.9 Å². The van der Waals surface area contributed by atoms with Crippen molar-refractivity contribution >= 4 is 10.0 Å². The van der Waals surface area contributed by atoms with Gasteiger partial charge in [-0.15, -0.1) is 0 Å². The van der Waals surface area contributed by atoms with Crippen molar-refractivity contribution in [1.82, 2.24) is 4.72 Å². The number of halogens is 1. The van der Waals surface area contributed by atoms with Crippen LogP contribution in [0, 0.1) is 11.7 Å². The largest absolute Gasteiger partial charge is 0.394 e. The molecular weight excluding hydrogens is 293 g/mol. The molecule has 1 aromatic rings. The maximum absolute atomic E-state index is 12.8. The van der Waals surface area contributed by atoms with Crippen LogP contribution < -0.4 is 4.72 Å². The van der Waals surface area contributed by atoms with Crippen molar-refractivity contribution in [1.29, 1.82) is 0 Å². The minimum absolute atomic E-state index is 0.192. The van der Waals surface area contributed by atoms with Gasteiger partial charge >= 0.3 is 0 Å². The van der Waals surface area contributed by atoms with E-state index < -0.39 is 21.4 Å². The summed E-state index contributed by atoms with van der Waals surface area (Å²) < 4.78 is 40.1. The summed E-state index contributed by atoms with van der Waals surface area (Å²) in [7, 11) is -3.57. The van der Waals surface area contributed by atoms with Gasteiger partial charge in [-0.05, 0) is 49.3 Å². The Balaban J connectivity index is 2.07. The Morgan fingerprint density at radius 1 is 1.29 bits per heavy atom. The van der Waals surface area contributed by atoms with Crippen LogP contribution in [-0.4, -0.2) is 25.7 Å². The molecule has 0 aromatic heterocycles. The minimum Gasteiger partial charge on any atom is -0.394 e. The maximum Gasteiger partial charge on any atom is 0.216 e. The van der Waals surface area contributed by atoms with Gasteiger partial charge in [-0.1, -0.05) is 19.1 Å². The Morgan fingerprint density at radius 2 is 1.86 bits per heavy atom. The number of rotatable bonds is 5. The maximum atomic E-state index is 12.8. The first-order chi connectivity index (χ1) is 9.84. The third-order valence-corrected chi connectivity index (χ3v) is 5.63. The number of aliphatic hydroxyl groups is 1. The molecule has 0 unspecified atom stereocenters. The number of benzene rings is 1. The molecule has 0 aliphatic heterocycles. The van der Waals surface area contributed by atoms with Crippen LogP contribution in [0.4, 0.5) is 4.39 Å². The van der Waals surface area contributed by atoms with Gasteiger partial charge in [0.1, 0.15) is 5.82 Å². The second kappa shape index (κ2) is 6.42. The Hall–Kier alpha value is -0.980. The molecule has 0 bridgehead atoms. The lowest BCUT2D eigenvalue weighted by Gasteiger charge is -2.38. The summed E-state index contributed by atoms with van der Waals surface area (Å²) in [5.74, 6) is -0.0339. The molecule has 0 spiro atoms. The summed E-state index contributed by atoms with van der Waals surface area (Å²) in [6.07, 6.45) is 3.10. The van der Waals surface area contributed by atoms with Gasteiger partial charge in [-0.2, -0.15) is 0 Å². The quantitative estimate of drug-likeness (QED) is 0.875. The average Bonchev–Trinajstić information content (AvgIpc) is 2.44. The first-order valence-corrected chi connectivity index (χ1v) is 8.86. The number of hydrogen-bond acceptors (Lipinski definition) is 3. The van der Waals surface area contributed by atoms with Crippen LogP contribution >= 0.6 is 0 Å². The first-order valence-electron chi connectivity index (χ1n) is 7.21. The predicted molar refractivity (Wildman–Crippen MR) is 79.6 cm³/mol. The second-order valence-electron chi connectivity index (χ2n) is 6.11. The fraction of sp³-hybridized carbons (Fsp3) is 0.600. The van der Waals surface area contributed by atoms with Crippen LogP contribution in [0.5, 0.6) is 0 Å². The molecule has 0 atom stereocenters. The highest BCUT2D eigenvalue weighted by Gasteiger charge is 2.37. The van der Waals surface area contributed by atoms with E-state index in [1.54, 1.807) is 0 Å². The van der Waals surface area contributed by atoms with E-state index in [0.717, 1.165) is 12.8 Å². The summed E-state index contributed by atoms with van der Waals surface area (Å²) in [4.78, 5) is 0. The Morgan fingerprint density at radius 3 is 2.38 bits per heavy atom. The third-order valence-electron chi connectivity index (χ3n) is 4.18. The van der Waals surface area contributed by atoms with Gasteiger partial charge in [0, 0.05) is 0 Å². The van der Waals surface area contributed by atoms with Gasteiger partial charge in [0.2, 0.25) is 10.0 Å². The molecule has 4 nitrogen and oxygen atoms in total. The van der Waals surface area contributed by atoms with E-state index in [-0.39, 0.29) is 12.4 Å². The molecule has 2 N–H and O–H groups in total. The molecule has 0 amide bonds. The van der Waals surface area contributed by atoms with E-state index >= 15 is 0 Å². The summed E-state index contributed by atoms with van der Waals surface area (Å²) in [6, 6.07) is 5.41. The number of sulfonamides is 1. The molecule has 118 valence electrons. The SMILES string of the molecule is CC1CCC(CO)(NS(=O)(=O)Cc2ccc(F)cc2)CC1. The van der Waals surface area contributed by atoms with E-state index in [1.807, 2.05) is 0 Å². The molecule has 6 heteroatoms. The standard InChI is InChI=1S/C15H22FNO3S/c1-12-6-8-15(11-18,9-7-12)17-21(19,20)10-13-2-4-14(16)5-3-13/h2-5,12,17-18H,6-11H2,1H3.